The fourth-order valence-corrected chi connectivity index (χ4v) is 4.90. The first-order valence-electron chi connectivity index (χ1n) is 13.4. The van der Waals surface area contributed by atoms with E-state index in [1.807, 2.05) is 13.8 Å². The monoisotopic (exact) mass is 577 g/mol. The molecule has 0 amide bonds. The molecule has 0 fully saturated rings. The third kappa shape index (κ3) is 13.1. The zero-order chi connectivity index (χ0) is 28.7. The summed E-state index contributed by atoms with van der Waals surface area (Å²) in [6, 6.07) is 6.13. The third-order valence-electron chi connectivity index (χ3n) is 6.03. The quantitative estimate of drug-likeness (QED) is 0.0882. The summed E-state index contributed by atoms with van der Waals surface area (Å²) in [6.07, 6.45) is -8.71. The van der Waals surface area contributed by atoms with Gasteiger partial charge in [0.05, 0.1) is 9.53 Å². The molecule has 0 aromatic heterocycles. The highest BCUT2D eigenvalue weighted by Gasteiger charge is 2.48. The number of halogens is 6. The van der Waals surface area contributed by atoms with Crippen LogP contribution in [0.4, 0.5) is 26.3 Å². The molecule has 0 N–H and O–H groups in total. The van der Waals surface area contributed by atoms with Crippen molar-refractivity contribution < 1.29 is 44.4 Å². The van der Waals surface area contributed by atoms with E-state index in [-0.39, 0.29) is 12.8 Å². The summed E-state index contributed by atoms with van der Waals surface area (Å²) >= 11 is 0. The van der Waals surface area contributed by atoms with E-state index in [0.29, 0.717) is 25.7 Å². The van der Waals surface area contributed by atoms with Gasteiger partial charge in [-0.3, -0.25) is 0 Å². The van der Waals surface area contributed by atoms with Crippen LogP contribution in [-0.4, -0.2) is 37.6 Å². The Morgan fingerprint density at radius 1 is 0.658 bits per heavy atom. The van der Waals surface area contributed by atoms with Crippen LogP contribution in [0.15, 0.2) is 35.2 Å². The summed E-state index contributed by atoms with van der Waals surface area (Å²) in [6.45, 7) is 3.99. The molecule has 2 atom stereocenters. The molecular weight excluding hydrogens is 536 g/mol. The summed E-state index contributed by atoms with van der Waals surface area (Å²) in [5, 5.41) is 0. The lowest BCUT2D eigenvalue weighted by atomic mass is 10.1. The summed E-state index contributed by atoms with van der Waals surface area (Å²) < 4.78 is 108. The first-order chi connectivity index (χ1) is 17.8. The van der Waals surface area contributed by atoms with Gasteiger partial charge in [-0.1, -0.05) is 109 Å². The van der Waals surface area contributed by atoms with Gasteiger partial charge in [0.1, 0.15) is 0 Å². The number of unbranched alkanes of at least 4 members (excludes halogenated alkanes) is 10. The second-order valence-electron chi connectivity index (χ2n) is 9.40. The van der Waals surface area contributed by atoms with Crippen LogP contribution in [0.1, 0.15) is 104 Å². The first-order valence-corrected chi connectivity index (χ1v) is 14.8. The number of nitrogens with zero attached hydrogens (tertiary/aromatic N) is 1. The van der Waals surface area contributed by atoms with Crippen LogP contribution in [0.5, 0.6) is 0 Å². The van der Waals surface area contributed by atoms with Crippen LogP contribution >= 0.6 is 0 Å². The van der Waals surface area contributed by atoms with E-state index in [1.54, 1.807) is 0 Å². The molecule has 12 heteroatoms. The number of sulfonamides is 1. The third-order valence-corrected chi connectivity index (χ3v) is 7.47. The first kappa shape index (κ1) is 34.7. The highest BCUT2D eigenvalue weighted by Crippen LogP contribution is 2.34. The average molecular weight is 578 g/mol. The van der Waals surface area contributed by atoms with E-state index in [1.165, 1.54) is 18.2 Å². The molecule has 38 heavy (non-hydrogen) atoms. The summed E-state index contributed by atoms with van der Waals surface area (Å²) in [4.78, 5) is 8.94. The highest BCUT2D eigenvalue weighted by molar-refractivity contribution is 7.88. The fraction of sp³-hybridized carbons (Fsp3) is 0.769. The smallest absolute Gasteiger partial charge is 0.247 e. The van der Waals surface area contributed by atoms with Gasteiger partial charge in [0, 0.05) is 0 Å². The molecule has 0 bridgehead atoms. The topological polar surface area (TPSA) is 55.8 Å². The van der Waals surface area contributed by atoms with Gasteiger partial charge in [0.25, 0.3) is 10.0 Å². The highest BCUT2D eigenvalue weighted by atomic mass is 32.2. The Balaban J connectivity index is 3.12. The zero-order valence-electron chi connectivity index (χ0n) is 22.2. The zero-order valence-corrected chi connectivity index (χ0v) is 23.0. The molecule has 0 saturated heterocycles. The number of hydrogen-bond acceptors (Lipinski definition) is 4. The molecule has 0 radical (unpaired) electrons. The van der Waals surface area contributed by atoms with Crippen molar-refractivity contribution in [2.24, 2.45) is 0 Å². The molecule has 0 aliphatic carbocycles. The van der Waals surface area contributed by atoms with Crippen molar-refractivity contribution in [1.29, 1.82) is 0 Å². The van der Waals surface area contributed by atoms with Crippen molar-refractivity contribution in [2.75, 3.05) is 0 Å². The molecule has 0 aliphatic rings. The lowest BCUT2D eigenvalue weighted by Gasteiger charge is -2.30. The van der Waals surface area contributed by atoms with E-state index in [2.05, 4.69) is 0 Å². The summed E-state index contributed by atoms with van der Waals surface area (Å²) in [5.41, 5.74) is 0. The molecule has 0 saturated carbocycles. The minimum atomic E-state index is -5.02. The molecule has 0 spiro atoms. The van der Waals surface area contributed by atoms with Crippen LogP contribution in [0, 0.1) is 0 Å². The van der Waals surface area contributed by atoms with Gasteiger partial charge in [-0.05, 0) is 25.0 Å². The predicted molar refractivity (Wildman–Crippen MR) is 133 cm³/mol. The Morgan fingerprint density at radius 2 is 1.03 bits per heavy atom. The molecule has 222 valence electrons. The van der Waals surface area contributed by atoms with Crippen LogP contribution in [0.25, 0.3) is 0 Å². The van der Waals surface area contributed by atoms with E-state index in [0.717, 1.165) is 50.7 Å². The molecule has 1 aromatic carbocycles. The van der Waals surface area contributed by atoms with Crippen molar-refractivity contribution >= 4 is 10.0 Å². The molecule has 0 aliphatic heterocycles. The van der Waals surface area contributed by atoms with Crippen molar-refractivity contribution in [3.63, 3.8) is 0 Å². The number of alkyl halides is 6. The van der Waals surface area contributed by atoms with Gasteiger partial charge >= 0.3 is 12.4 Å². The second kappa shape index (κ2) is 17.3. The molecule has 5 nitrogen and oxygen atoms in total. The minimum Gasteiger partial charge on any atom is -0.247 e. The fourth-order valence-electron chi connectivity index (χ4n) is 3.80. The Kier molecular flexibility index (Phi) is 15.8. The lowest BCUT2D eigenvalue weighted by molar-refractivity contribution is -0.404. The minimum absolute atomic E-state index is 0.0631. The summed E-state index contributed by atoms with van der Waals surface area (Å²) in [5.74, 6) is 0. The van der Waals surface area contributed by atoms with Gasteiger partial charge in [-0.15, -0.1) is 0 Å². The van der Waals surface area contributed by atoms with Crippen LogP contribution in [0.2, 0.25) is 0 Å². The molecule has 1 rings (SSSR count). The van der Waals surface area contributed by atoms with Crippen LogP contribution in [-0.2, 0) is 19.7 Å². The van der Waals surface area contributed by atoms with Crippen molar-refractivity contribution in [2.45, 2.75) is 133 Å². The Labute approximate surface area is 222 Å². The molecule has 2 unspecified atom stereocenters. The molecule has 1 aromatic rings. The van der Waals surface area contributed by atoms with E-state index in [9.17, 15) is 34.8 Å². The number of hydrogen-bond donors (Lipinski definition) is 0. The largest absolute Gasteiger partial charge is 0.416 e. The predicted octanol–water partition coefficient (Wildman–Crippen LogP) is 8.90. The maximum Gasteiger partial charge on any atom is 0.416 e. The van der Waals surface area contributed by atoms with Crippen LogP contribution in [0.3, 0.4) is 0 Å². The lowest BCUT2D eigenvalue weighted by Crippen LogP contribution is -2.46. The van der Waals surface area contributed by atoms with E-state index < -0.39 is 57.0 Å². The van der Waals surface area contributed by atoms with Crippen molar-refractivity contribution in [3.8, 4) is 0 Å². The maximum atomic E-state index is 13.8. The van der Waals surface area contributed by atoms with Gasteiger partial charge in [-0.2, -0.15) is 26.3 Å². The van der Waals surface area contributed by atoms with Gasteiger partial charge in [0.2, 0.25) is 0 Å². The molecular formula is C26H41F6NO4S. The second-order valence-corrected chi connectivity index (χ2v) is 11.1. The van der Waals surface area contributed by atoms with Crippen molar-refractivity contribution in [1.82, 2.24) is 4.63 Å². The Hall–Kier alpha value is -1.37. The van der Waals surface area contributed by atoms with Crippen LogP contribution < -0.4 is 0 Å². The number of benzene rings is 1. The Bertz CT molecular complexity index is 814. The SMILES string of the molecule is CCCCCCCCC(ON(OC(CCCCCCCC)C(F)(F)F)S(=O)(=O)c1ccccc1)C(F)(F)F. The number of rotatable bonds is 20. The van der Waals surface area contributed by atoms with Gasteiger partial charge in [0.15, 0.2) is 12.2 Å². The van der Waals surface area contributed by atoms with E-state index in [4.69, 9.17) is 9.68 Å². The van der Waals surface area contributed by atoms with Gasteiger partial charge in [-0.25, -0.2) is 18.1 Å². The summed E-state index contributed by atoms with van der Waals surface area (Å²) in [7, 11) is -5.01. The van der Waals surface area contributed by atoms with Crippen molar-refractivity contribution in [3.05, 3.63) is 30.3 Å². The van der Waals surface area contributed by atoms with E-state index >= 15 is 0 Å². The average Bonchev–Trinajstić information content (AvgIpc) is 2.84. The normalized spacial score (nSPS) is 14.7. The van der Waals surface area contributed by atoms with Gasteiger partial charge < -0.3 is 0 Å². The molecule has 0 heterocycles. The standard InChI is InChI=1S/C26H41F6NO4S/c1-3-5-7-9-11-16-20-23(25(27,28)29)36-33(38(34,35)22-18-14-13-15-19-22)37-24(26(30,31)32)21-17-12-10-8-6-4-2/h13-15,18-19,23-24H,3-12,16-17,20-21H2,1-2H3. The maximum absolute atomic E-state index is 13.8. The Morgan fingerprint density at radius 3 is 1.39 bits per heavy atom.